The van der Waals surface area contributed by atoms with Crippen LogP contribution in [0.3, 0.4) is 0 Å². The van der Waals surface area contributed by atoms with Crippen LogP contribution in [0, 0.1) is 0 Å². The Bertz CT molecular complexity index is 539. The fraction of sp³-hybridized carbons (Fsp3) is 0.925. The van der Waals surface area contributed by atoms with E-state index in [1.165, 1.54) is 200 Å². The summed E-state index contributed by atoms with van der Waals surface area (Å²) >= 11 is 0. The van der Waals surface area contributed by atoms with E-state index in [2.05, 4.69) is 25.3 Å². The maximum atomic E-state index is 12.1. The van der Waals surface area contributed by atoms with Gasteiger partial charge in [0, 0.05) is 13.1 Å². The molecular formula is C40H79NO2. The number of carbonyl (C=O) groups is 1. The lowest BCUT2D eigenvalue weighted by atomic mass is 10.0. The molecule has 0 bridgehead atoms. The third kappa shape index (κ3) is 30.8. The van der Waals surface area contributed by atoms with Gasteiger partial charge >= 0.3 is 5.97 Å². The maximum Gasteiger partial charge on any atom is 0.353 e. The molecule has 0 aliphatic heterocycles. The van der Waals surface area contributed by atoms with Gasteiger partial charge in [-0.25, -0.2) is 4.79 Å². The van der Waals surface area contributed by atoms with Gasteiger partial charge in [-0.2, -0.15) is 0 Å². The molecule has 0 aliphatic carbocycles. The number of hydrogen-bond donors (Lipinski definition) is 0. The lowest BCUT2D eigenvalue weighted by Gasteiger charge is -2.25. The van der Waals surface area contributed by atoms with Crippen molar-refractivity contribution in [1.29, 1.82) is 0 Å². The molecule has 3 heteroatoms. The molecule has 0 spiro atoms. The van der Waals surface area contributed by atoms with Gasteiger partial charge in [0.2, 0.25) is 0 Å². The molecule has 0 rings (SSSR count). The average molecular weight is 606 g/mol. The van der Waals surface area contributed by atoms with Crippen LogP contribution in [0.25, 0.3) is 0 Å². The predicted octanol–water partition coefficient (Wildman–Crippen LogP) is 13.5. The highest BCUT2D eigenvalue weighted by atomic mass is 16.5. The molecule has 0 amide bonds. The Morgan fingerprint density at radius 1 is 0.419 bits per heavy atom. The number of methoxy groups -OCH3 is 1. The first-order valence-electron chi connectivity index (χ1n) is 19.7. The van der Waals surface area contributed by atoms with Crippen LogP contribution in [0.15, 0.2) is 12.3 Å². The van der Waals surface area contributed by atoms with Crippen LogP contribution in [0.4, 0.5) is 0 Å². The first-order chi connectivity index (χ1) is 21.2. The summed E-state index contributed by atoms with van der Waals surface area (Å²) < 4.78 is 4.98. The van der Waals surface area contributed by atoms with Gasteiger partial charge in [-0.1, -0.05) is 213 Å². The second kappa shape index (κ2) is 35.5. The molecule has 0 unspecified atom stereocenters. The molecule has 0 aromatic rings. The van der Waals surface area contributed by atoms with Crippen molar-refractivity contribution in [3.8, 4) is 0 Å². The third-order valence-corrected chi connectivity index (χ3v) is 9.37. The van der Waals surface area contributed by atoms with Crippen LogP contribution < -0.4 is 0 Å². The highest BCUT2D eigenvalue weighted by molar-refractivity contribution is 5.86. The van der Waals surface area contributed by atoms with Crippen molar-refractivity contribution in [1.82, 2.24) is 4.90 Å². The first kappa shape index (κ1) is 42.0. The van der Waals surface area contributed by atoms with Gasteiger partial charge in [0.15, 0.2) is 0 Å². The molecule has 0 aromatic carbocycles. The quantitative estimate of drug-likeness (QED) is 0.0404. The maximum absolute atomic E-state index is 12.1. The summed E-state index contributed by atoms with van der Waals surface area (Å²) in [4.78, 5) is 14.3. The van der Waals surface area contributed by atoms with Crippen molar-refractivity contribution in [3.63, 3.8) is 0 Å². The summed E-state index contributed by atoms with van der Waals surface area (Å²) in [6.07, 6.45) is 44.3. The van der Waals surface area contributed by atoms with Gasteiger partial charge in [0.1, 0.15) is 5.70 Å². The summed E-state index contributed by atoms with van der Waals surface area (Å²) in [6.45, 7) is 10.5. The van der Waals surface area contributed by atoms with E-state index < -0.39 is 0 Å². The standard InChI is InChI=1S/C40H79NO2/c1-5-7-9-11-13-15-17-19-21-23-25-27-29-31-33-35-37-41(39(3)40(42)43-4)38-36-34-32-30-28-26-24-22-20-18-16-14-12-10-8-6-2/h3,5-38H2,1-2,4H3. The van der Waals surface area contributed by atoms with Crippen LogP contribution in [0.5, 0.6) is 0 Å². The van der Waals surface area contributed by atoms with E-state index in [-0.39, 0.29) is 5.97 Å². The molecule has 0 aliphatic rings. The van der Waals surface area contributed by atoms with E-state index in [0.29, 0.717) is 5.70 Å². The van der Waals surface area contributed by atoms with E-state index in [1.54, 1.807) is 0 Å². The highest BCUT2D eigenvalue weighted by Gasteiger charge is 2.15. The van der Waals surface area contributed by atoms with Gasteiger partial charge in [-0.05, 0) is 12.8 Å². The Hall–Kier alpha value is -0.990. The minimum atomic E-state index is -0.270. The van der Waals surface area contributed by atoms with Gasteiger partial charge in [-0.3, -0.25) is 0 Å². The lowest BCUT2D eigenvalue weighted by molar-refractivity contribution is -0.137. The third-order valence-electron chi connectivity index (χ3n) is 9.37. The summed E-state index contributed by atoms with van der Waals surface area (Å²) in [5.74, 6) is -0.270. The summed E-state index contributed by atoms with van der Waals surface area (Å²) in [5.41, 5.74) is 0.546. The molecule has 0 N–H and O–H groups in total. The van der Waals surface area contributed by atoms with E-state index in [0.717, 1.165) is 25.9 Å². The number of rotatable bonds is 36. The van der Waals surface area contributed by atoms with Crippen molar-refractivity contribution in [2.24, 2.45) is 0 Å². The molecular weight excluding hydrogens is 526 g/mol. The molecule has 0 atom stereocenters. The van der Waals surface area contributed by atoms with Crippen LogP contribution in [-0.2, 0) is 9.53 Å². The van der Waals surface area contributed by atoms with Gasteiger partial charge in [-0.15, -0.1) is 0 Å². The Balaban J connectivity index is 3.69. The van der Waals surface area contributed by atoms with Crippen LogP contribution in [0.2, 0.25) is 0 Å². The summed E-state index contributed by atoms with van der Waals surface area (Å²) in [5, 5.41) is 0. The second-order valence-corrected chi connectivity index (χ2v) is 13.5. The zero-order valence-corrected chi connectivity index (χ0v) is 30.0. The van der Waals surface area contributed by atoms with Gasteiger partial charge < -0.3 is 9.64 Å². The molecule has 0 saturated heterocycles. The molecule has 43 heavy (non-hydrogen) atoms. The van der Waals surface area contributed by atoms with E-state index in [1.807, 2.05) is 0 Å². The number of nitrogens with zero attached hydrogens (tertiary/aromatic N) is 1. The molecule has 3 nitrogen and oxygen atoms in total. The van der Waals surface area contributed by atoms with Crippen molar-refractivity contribution in [2.45, 2.75) is 219 Å². The Morgan fingerprint density at radius 2 is 0.628 bits per heavy atom. The summed E-state index contributed by atoms with van der Waals surface area (Å²) in [6, 6.07) is 0. The minimum absolute atomic E-state index is 0.270. The fourth-order valence-electron chi connectivity index (χ4n) is 6.33. The predicted molar refractivity (Wildman–Crippen MR) is 192 cm³/mol. The second-order valence-electron chi connectivity index (χ2n) is 13.5. The molecule has 0 heterocycles. The summed E-state index contributed by atoms with van der Waals surface area (Å²) in [7, 11) is 1.47. The topological polar surface area (TPSA) is 29.5 Å². The SMILES string of the molecule is C=C(C(=O)OC)N(CCCCCCCCCCCCCCCCCC)CCCCCCCCCCCCCCCCCC. The van der Waals surface area contributed by atoms with Crippen molar-refractivity contribution in [2.75, 3.05) is 20.2 Å². The Morgan fingerprint density at radius 3 is 0.837 bits per heavy atom. The Kier molecular flexibility index (Phi) is 34.7. The average Bonchev–Trinajstić information content (AvgIpc) is 3.02. The van der Waals surface area contributed by atoms with Gasteiger partial charge in [0.25, 0.3) is 0 Å². The number of hydrogen-bond acceptors (Lipinski definition) is 3. The Labute approximate surface area is 271 Å². The zero-order valence-electron chi connectivity index (χ0n) is 30.0. The number of esters is 1. The minimum Gasteiger partial charge on any atom is -0.464 e. The zero-order chi connectivity index (χ0) is 31.5. The van der Waals surface area contributed by atoms with E-state index in [4.69, 9.17) is 4.74 Å². The molecule has 0 radical (unpaired) electrons. The lowest BCUT2D eigenvalue weighted by Crippen LogP contribution is -2.29. The molecule has 0 saturated carbocycles. The van der Waals surface area contributed by atoms with E-state index in [9.17, 15) is 4.79 Å². The van der Waals surface area contributed by atoms with Crippen LogP contribution in [0.1, 0.15) is 219 Å². The number of unbranched alkanes of at least 4 members (excludes halogenated alkanes) is 30. The molecule has 256 valence electrons. The van der Waals surface area contributed by atoms with Crippen molar-refractivity contribution >= 4 is 5.97 Å². The fourth-order valence-corrected chi connectivity index (χ4v) is 6.33. The number of ether oxygens (including phenoxy) is 1. The van der Waals surface area contributed by atoms with Crippen molar-refractivity contribution in [3.05, 3.63) is 12.3 Å². The van der Waals surface area contributed by atoms with Crippen LogP contribution >= 0.6 is 0 Å². The first-order valence-corrected chi connectivity index (χ1v) is 19.7. The molecule has 0 aromatic heterocycles. The van der Waals surface area contributed by atoms with E-state index >= 15 is 0 Å². The van der Waals surface area contributed by atoms with Gasteiger partial charge in [0.05, 0.1) is 7.11 Å². The van der Waals surface area contributed by atoms with Crippen LogP contribution in [-0.4, -0.2) is 31.1 Å². The van der Waals surface area contributed by atoms with Crippen molar-refractivity contribution < 1.29 is 9.53 Å². The molecule has 0 fully saturated rings. The number of carbonyl (C=O) groups excluding carboxylic acids is 1. The largest absolute Gasteiger partial charge is 0.464 e. The monoisotopic (exact) mass is 606 g/mol. The highest BCUT2D eigenvalue weighted by Crippen LogP contribution is 2.17. The smallest absolute Gasteiger partial charge is 0.353 e. The normalized spacial score (nSPS) is 11.2.